The fourth-order valence-electron chi connectivity index (χ4n) is 2.71. The molecule has 0 saturated carbocycles. The van der Waals surface area contributed by atoms with Gasteiger partial charge in [0.15, 0.2) is 0 Å². The van der Waals surface area contributed by atoms with E-state index < -0.39 is 16.0 Å². The normalized spacial score (nSPS) is 13.6. The Kier molecular flexibility index (Phi) is 4.15. The minimum atomic E-state index is -3.79. The van der Waals surface area contributed by atoms with E-state index in [1.807, 2.05) is 0 Å². The molecule has 0 amide bonds. The number of rotatable bonds is 5. The van der Waals surface area contributed by atoms with E-state index in [0.717, 1.165) is 5.56 Å². The zero-order chi connectivity index (χ0) is 17.3. The molecule has 24 heavy (non-hydrogen) atoms. The first-order chi connectivity index (χ1) is 11.4. The van der Waals surface area contributed by atoms with Crippen LogP contribution < -0.4 is 9.04 Å². The van der Waals surface area contributed by atoms with Crippen molar-refractivity contribution in [3.8, 4) is 5.75 Å². The van der Waals surface area contributed by atoms with Crippen LogP contribution in [0.4, 0.5) is 5.69 Å². The first-order valence-electron chi connectivity index (χ1n) is 7.27. The van der Waals surface area contributed by atoms with Crippen molar-refractivity contribution in [3.63, 3.8) is 0 Å². The highest BCUT2D eigenvalue weighted by atomic mass is 32.2. The van der Waals surface area contributed by atoms with Crippen LogP contribution in [0.25, 0.3) is 0 Å². The number of pyridine rings is 1. The van der Waals surface area contributed by atoms with E-state index in [0.29, 0.717) is 30.0 Å². The zero-order valence-corrected chi connectivity index (χ0v) is 13.8. The molecule has 2 heterocycles. The van der Waals surface area contributed by atoms with E-state index in [-0.39, 0.29) is 11.3 Å². The Balaban J connectivity index is 2.01. The van der Waals surface area contributed by atoms with Gasteiger partial charge in [-0.25, -0.2) is 8.42 Å². The third-order valence-electron chi connectivity index (χ3n) is 3.87. The standard InChI is InChI=1S/C16H16N2O5S/c1-23-13-8-14(10-17-9-13)24(21,22)18-5-4-12-3-2-11(6-15(12)18)7-16(19)20/h2-3,6,8-10H,4-5,7H2,1H3,(H,19,20). The van der Waals surface area contributed by atoms with E-state index >= 15 is 0 Å². The largest absolute Gasteiger partial charge is 0.495 e. The molecule has 0 aliphatic carbocycles. The second-order valence-corrected chi connectivity index (χ2v) is 7.28. The number of benzene rings is 1. The third-order valence-corrected chi connectivity index (χ3v) is 5.65. The minimum Gasteiger partial charge on any atom is -0.495 e. The van der Waals surface area contributed by atoms with Crippen LogP contribution in [-0.4, -0.2) is 38.1 Å². The summed E-state index contributed by atoms with van der Waals surface area (Å²) in [5, 5.41) is 8.92. The summed E-state index contributed by atoms with van der Waals surface area (Å²) in [6.45, 7) is 0.311. The fourth-order valence-corrected chi connectivity index (χ4v) is 4.18. The lowest BCUT2D eigenvalue weighted by Gasteiger charge is -2.20. The van der Waals surface area contributed by atoms with Crippen molar-refractivity contribution in [2.45, 2.75) is 17.7 Å². The van der Waals surface area contributed by atoms with Crippen molar-refractivity contribution in [2.75, 3.05) is 18.0 Å². The van der Waals surface area contributed by atoms with E-state index in [1.165, 1.54) is 29.9 Å². The van der Waals surface area contributed by atoms with Gasteiger partial charge in [-0.05, 0) is 23.6 Å². The summed E-state index contributed by atoms with van der Waals surface area (Å²) in [5.74, 6) is -0.602. The summed E-state index contributed by atoms with van der Waals surface area (Å²) in [4.78, 5) is 14.8. The molecule has 8 heteroatoms. The predicted octanol–water partition coefficient (Wildman–Crippen LogP) is 1.47. The lowest BCUT2D eigenvalue weighted by Crippen LogP contribution is -2.29. The monoisotopic (exact) mass is 348 g/mol. The summed E-state index contributed by atoms with van der Waals surface area (Å²) < 4.78 is 32.2. The number of hydrogen-bond donors (Lipinski definition) is 1. The lowest BCUT2D eigenvalue weighted by atomic mass is 10.1. The van der Waals surface area contributed by atoms with E-state index in [1.54, 1.807) is 18.2 Å². The zero-order valence-electron chi connectivity index (χ0n) is 13.0. The van der Waals surface area contributed by atoms with Gasteiger partial charge in [-0.3, -0.25) is 14.1 Å². The molecule has 0 atom stereocenters. The molecule has 1 N–H and O–H groups in total. The number of carboxylic acid groups (broad SMARTS) is 1. The van der Waals surface area contributed by atoms with Crippen molar-refractivity contribution in [3.05, 3.63) is 47.8 Å². The first kappa shape index (κ1) is 16.3. The second-order valence-electron chi connectivity index (χ2n) is 5.42. The van der Waals surface area contributed by atoms with Crippen LogP contribution in [0.15, 0.2) is 41.6 Å². The highest BCUT2D eigenvalue weighted by Crippen LogP contribution is 2.34. The number of ether oxygens (including phenoxy) is 1. The fraction of sp³-hybridized carbons (Fsp3) is 0.250. The molecular weight excluding hydrogens is 332 g/mol. The van der Waals surface area contributed by atoms with Crippen LogP contribution in [0.5, 0.6) is 5.75 Å². The second kappa shape index (κ2) is 6.12. The SMILES string of the molecule is COc1cncc(S(=O)(=O)N2CCc3ccc(CC(=O)O)cc32)c1. The predicted molar refractivity (Wildman–Crippen MR) is 86.8 cm³/mol. The van der Waals surface area contributed by atoms with Crippen molar-refractivity contribution >= 4 is 21.7 Å². The Morgan fingerprint density at radius 2 is 2.12 bits per heavy atom. The number of hydrogen-bond acceptors (Lipinski definition) is 5. The number of nitrogens with zero attached hydrogens (tertiary/aromatic N) is 2. The van der Waals surface area contributed by atoms with Gasteiger partial charge < -0.3 is 9.84 Å². The van der Waals surface area contributed by atoms with Gasteiger partial charge in [-0.1, -0.05) is 12.1 Å². The first-order valence-corrected chi connectivity index (χ1v) is 8.71. The Hall–Kier alpha value is -2.61. The van der Waals surface area contributed by atoms with Crippen LogP contribution in [0.1, 0.15) is 11.1 Å². The van der Waals surface area contributed by atoms with Gasteiger partial charge in [0.1, 0.15) is 10.6 Å². The Morgan fingerprint density at radius 1 is 1.33 bits per heavy atom. The number of aromatic nitrogens is 1. The smallest absolute Gasteiger partial charge is 0.307 e. The quantitative estimate of drug-likeness (QED) is 0.879. The summed E-state index contributed by atoms with van der Waals surface area (Å²) in [6.07, 6.45) is 3.14. The molecule has 7 nitrogen and oxygen atoms in total. The maximum Gasteiger partial charge on any atom is 0.307 e. The highest BCUT2D eigenvalue weighted by Gasteiger charge is 2.31. The average Bonchev–Trinajstić information content (AvgIpc) is 2.98. The number of aliphatic carboxylic acids is 1. The maximum atomic E-state index is 12.9. The molecule has 0 saturated heterocycles. The van der Waals surface area contributed by atoms with Crippen LogP contribution in [0, 0.1) is 0 Å². The average molecular weight is 348 g/mol. The molecule has 0 bridgehead atoms. The number of methoxy groups -OCH3 is 1. The molecule has 1 aromatic heterocycles. The Morgan fingerprint density at radius 3 is 2.83 bits per heavy atom. The van der Waals surface area contributed by atoms with Crippen LogP contribution >= 0.6 is 0 Å². The van der Waals surface area contributed by atoms with Crippen molar-refractivity contribution in [1.29, 1.82) is 0 Å². The number of carboxylic acids is 1. The van der Waals surface area contributed by atoms with Gasteiger partial charge in [0.2, 0.25) is 0 Å². The molecule has 0 fully saturated rings. The lowest BCUT2D eigenvalue weighted by molar-refractivity contribution is -0.136. The number of carbonyl (C=O) groups is 1. The van der Waals surface area contributed by atoms with Gasteiger partial charge in [0, 0.05) is 18.8 Å². The topological polar surface area (TPSA) is 96.8 Å². The molecule has 1 aliphatic heterocycles. The van der Waals surface area contributed by atoms with E-state index in [9.17, 15) is 13.2 Å². The van der Waals surface area contributed by atoms with Gasteiger partial charge in [-0.15, -0.1) is 0 Å². The number of sulfonamides is 1. The van der Waals surface area contributed by atoms with Crippen molar-refractivity contribution < 1.29 is 23.1 Å². The molecular formula is C16H16N2O5S. The maximum absolute atomic E-state index is 12.9. The number of anilines is 1. The van der Waals surface area contributed by atoms with Gasteiger partial charge >= 0.3 is 5.97 Å². The summed E-state index contributed by atoms with van der Waals surface area (Å²) in [5.41, 5.74) is 1.97. The molecule has 1 aromatic carbocycles. The van der Waals surface area contributed by atoms with Crippen LogP contribution in [-0.2, 0) is 27.7 Å². The van der Waals surface area contributed by atoms with Crippen molar-refractivity contribution in [1.82, 2.24) is 4.98 Å². The molecule has 0 radical (unpaired) electrons. The molecule has 3 rings (SSSR count). The molecule has 126 valence electrons. The van der Waals surface area contributed by atoms with Crippen LogP contribution in [0.2, 0.25) is 0 Å². The summed E-state index contributed by atoms with van der Waals surface area (Å²) in [6, 6.07) is 6.55. The molecule has 2 aromatic rings. The Labute approximate surface area is 139 Å². The Bertz CT molecular complexity index is 895. The summed E-state index contributed by atoms with van der Waals surface area (Å²) >= 11 is 0. The van der Waals surface area contributed by atoms with Gasteiger partial charge in [0.05, 0.1) is 25.4 Å². The molecule has 0 unspecified atom stereocenters. The number of fused-ring (bicyclic) bond motifs is 1. The van der Waals surface area contributed by atoms with Crippen LogP contribution in [0.3, 0.4) is 0 Å². The third kappa shape index (κ3) is 2.92. The minimum absolute atomic E-state index is 0.0401. The summed E-state index contributed by atoms with van der Waals surface area (Å²) in [7, 11) is -2.35. The van der Waals surface area contributed by atoms with E-state index in [2.05, 4.69) is 4.98 Å². The highest BCUT2D eigenvalue weighted by molar-refractivity contribution is 7.92. The molecule has 0 spiro atoms. The van der Waals surface area contributed by atoms with E-state index in [4.69, 9.17) is 9.84 Å². The van der Waals surface area contributed by atoms with Crippen molar-refractivity contribution in [2.24, 2.45) is 0 Å². The van der Waals surface area contributed by atoms with Gasteiger partial charge in [-0.2, -0.15) is 0 Å². The molecule has 1 aliphatic rings. The van der Waals surface area contributed by atoms with Gasteiger partial charge in [0.25, 0.3) is 10.0 Å².